The van der Waals surface area contributed by atoms with Gasteiger partial charge < -0.3 is 15.8 Å². The number of piperidine rings is 1. The minimum absolute atomic E-state index is 0. The Bertz CT molecular complexity index is 693. The van der Waals surface area contributed by atoms with Crippen LogP contribution in [0.25, 0.3) is 0 Å². The van der Waals surface area contributed by atoms with Gasteiger partial charge in [-0.1, -0.05) is 45.0 Å². The molecule has 0 radical (unpaired) electrons. The lowest BCUT2D eigenvalue weighted by molar-refractivity contribution is -0.170. The summed E-state index contributed by atoms with van der Waals surface area (Å²) >= 11 is 0. The van der Waals surface area contributed by atoms with Crippen LogP contribution in [0, 0.1) is 11.3 Å². The number of carbonyl (C=O) groups is 1. The number of carbonyl (C=O) groups excluding carboxylic acids is 1. The van der Waals surface area contributed by atoms with Crippen LogP contribution < -0.4 is 11.1 Å². The maximum absolute atomic E-state index is 12.8. The van der Waals surface area contributed by atoms with Crippen molar-refractivity contribution < 1.29 is 9.53 Å². The summed E-state index contributed by atoms with van der Waals surface area (Å²) in [6.07, 6.45) is 3.19. The van der Waals surface area contributed by atoms with Crippen LogP contribution in [0.15, 0.2) is 24.3 Å². The molecule has 7 heteroatoms. The van der Waals surface area contributed by atoms with Crippen LogP contribution >= 0.6 is 24.8 Å². The fraction of sp³-hybridized carbons (Fsp3) is 0.696. The van der Waals surface area contributed by atoms with Gasteiger partial charge >= 0.3 is 0 Å². The number of hydrogen-bond donors (Lipinski definition) is 2. The highest BCUT2D eigenvalue weighted by Crippen LogP contribution is 2.49. The van der Waals surface area contributed by atoms with Crippen molar-refractivity contribution in [3.8, 4) is 0 Å². The monoisotopic (exact) mass is 459 g/mol. The molecule has 2 aliphatic rings. The number of benzene rings is 1. The van der Waals surface area contributed by atoms with Gasteiger partial charge in [0.05, 0.1) is 6.10 Å². The van der Waals surface area contributed by atoms with Gasteiger partial charge in [0.25, 0.3) is 0 Å². The Hall–Kier alpha value is -0.850. The Morgan fingerprint density at radius 3 is 2.47 bits per heavy atom. The molecular weight excluding hydrogens is 421 g/mol. The molecule has 3 N–H and O–H groups in total. The minimum Gasteiger partial charge on any atom is -0.378 e. The van der Waals surface area contributed by atoms with Gasteiger partial charge in [-0.05, 0) is 49.9 Å². The molecule has 2 atom stereocenters. The van der Waals surface area contributed by atoms with E-state index in [-0.39, 0.29) is 42.2 Å². The molecule has 1 aromatic carbocycles. The van der Waals surface area contributed by atoms with Gasteiger partial charge in [0.1, 0.15) is 5.54 Å². The van der Waals surface area contributed by atoms with Crippen molar-refractivity contribution in [3.63, 3.8) is 0 Å². The smallest absolute Gasteiger partial charge is 0.241 e. The Morgan fingerprint density at radius 2 is 1.87 bits per heavy atom. The maximum Gasteiger partial charge on any atom is 0.241 e. The van der Waals surface area contributed by atoms with E-state index in [0.29, 0.717) is 19.6 Å². The van der Waals surface area contributed by atoms with E-state index in [1.54, 1.807) is 0 Å². The van der Waals surface area contributed by atoms with Gasteiger partial charge in [-0.25, -0.2) is 0 Å². The van der Waals surface area contributed by atoms with E-state index < -0.39 is 5.54 Å². The minimum atomic E-state index is -0.866. The molecule has 1 aliphatic carbocycles. The molecule has 2 unspecified atom stereocenters. The first-order valence-electron chi connectivity index (χ1n) is 10.7. The number of amides is 1. The summed E-state index contributed by atoms with van der Waals surface area (Å²) in [5, 5.41) is 3.06. The molecule has 1 aliphatic heterocycles. The zero-order valence-corrected chi connectivity index (χ0v) is 20.4. The SMILES string of the molecule is CCOC1CC(N)(C(=O)NCc2cccc(CN3CCC(C)CC3)c2)C1(C)C.Cl.Cl. The van der Waals surface area contributed by atoms with Gasteiger partial charge in [0, 0.05) is 31.5 Å². The van der Waals surface area contributed by atoms with Crippen molar-refractivity contribution in [2.75, 3.05) is 19.7 Å². The Labute approximate surface area is 194 Å². The van der Waals surface area contributed by atoms with Crippen molar-refractivity contribution in [1.29, 1.82) is 0 Å². The van der Waals surface area contributed by atoms with Crippen molar-refractivity contribution in [3.05, 3.63) is 35.4 Å². The first-order chi connectivity index (χ1) is 13.3. The number of ether oxygens (including phenoxy) is 1. The topological polar surface area (TPSA) is 67.6 Å². The second-order valence-corrected chi connectivity index (χ2v) is 9.30. The molecule has 0 aromatic heterocycles. The predicted octanol–water partition coefficient (Wildman–Crippen LogP) is 3.91. The lowest BCUT2D eigenvalue weighted by Gasteiger charge is -2.57. The normalized spacial score (nSPS) is 26.1. The van der Waals surface area contributed by atoms with Gasteiger partial charge in [-0.2, -0.15) is 0 Å². The van der Waals surface area contributed by atoms with E-state index in [2.05, 4.69) is 41.4 Å². The first kappa shape index (κ1) is 27.2. The van der Waals surface area contributed by atoms with Crippen LogP contribution in [0.5, 0.6) is 0 Å². The van der Waals surface area contributed by atoms with Gasteiger partial charge in [-0.3, -0.25) is 9.69 Å². The number of nitrogens with one attached hydrogen (secondary N) is 1. The summed E-state index contributed by atoms with van der Waals surface area (Å²) in [7, 11) is 0. The van der Waals surface area contributed by atoms with Crippen molar-refractivity contribution >= 4 is 30.7 Å². The molecule has 0 bridgehead atoms. The third-order valence-electron chi connectivity index (χ3n) is 6.96. The van der Waals surface area contributed by atoms with E-state index in [9.17, 15) is 4.79 Å². The summed E-state index contributed by atoms with van der Waals surface area (Å²) < 4.78 is 5.73. The van der Waals surface area contributed by atoms with Crippen molar-refractivity contribution in [2.24, 2.45) is 17.1 Å². The van der Waals surface area contributed by atoms with Crippen LogP contribution in [0.1, 0.15) is 58.1 Å². The maximum atomic E-state index is 12.8. The third-order valence-corrected chi connectivity index (χ3v) is 6.96. The average Bonchev–Trinajstić information content (AvgIpc) is 2.68. The third kappa shape index (κ3) is 5.68. The number of nitrogens with two attached hydrogens (primary N) is 1. The van der Waals surface area contributed by atoms with E-state index >= 15 is 0 Å². The quantitative estimate of drug-likeness (QED) is 0.648. The van der Waals surface area contributed by atoms with Crippen molar-refractivity contribution in [2.45, 2.75) is 71.7 Å². The van der Waals surface area contributed by atoms with Crippen LogP contribution in [0.3, 0.4) is 0 Å². The van der Waals surface area contributed by atoms with E-state index in [0.717, 1.165) is 18.0 Å². The molecule has 0 spiro atoms. The highest BCUT2D eigenvalue weighted by Gasteiger charge is 2.62. The predicted molar refractivity (Wildman–Crippen MR) is 127 cm³/mol. The Morgan fingerprint density at radius 1 is 1.23 bits per heavy atom. The largest absolute Gasteiger partial charge is 0.378 e. The lowest BCUT2D eigenvalue weighted by atomic mass is 9.54. The van der Waals surface area contributed by atoms with E-state index in [4.69, 9.17) is 10.5 Å². The molecule has 1 heterocycles. The summed E-state index contributed by atoms with van der Waals surface area (Å²) in [6, 6.07) is 8.53. The second kappa shape index (κ2) is 11.1. The summed E-state index contributed by atoms with van der Waals surface area (Å²) in [4.78, 5) is 15.3. The molecule has 3 rings (SSSR count). The number of halogens is 2. The standard InChI is InChI=1S/C23H37N3O2.2ClH/c1-5-28-20-14-23(24,22(20,3)4)21(27)25-15-18-7-6-8-19(13-18)16-26-11-9-17(2)10-12-26;;/h6-8,13,17,20H,5,9-12,14-16,24H2,1-4H3,(H,25,27);2*1H. The second-order valence-electron chi connectivity index (χ2n) is 9.30. The first-order valence-corrected chi connectivity index (χ1v) is 10.7. The van der Waals surface area contributed by atoms with Crippen LogP contribution in [0.4, 0.5) is 0 Å². The van der Waals surface area contributed by atoms with Crippen LogP contribution in [-0.2, 0) is 22.6 Å². The molecule has 30 heavy (non-hydrogen) atoms. The Kier molecular flexibility index (Phi) is 10.1. The molecule has 172 valence electrons. The highest BCUT2D eigenvalue weighted by molar-refractivity contribution is 5.88. The summed E-state index contributed by atoms with van der Waals surface area (Å²) in [6.45, 7) is 12.9. The molecule has 1 aromatic rings. The molecule has 1 amide bonds. The number of rotatable bonds is 7. The van der Waals surface area contributed by atoms with Crippen LogP contribution in [-0.4, -0.2) is 42.1 Å². The zero-order valence-electron chi connectivity index (χ0n) is 18.8. The zero-order chi connectivity index (χ0) is 20.4. The number of hydrogen-bond acceptors (Lipinski definition) is 4. The molecule has 1 saturated heterocycles. The van der Waals surface area contributed by atoms with Crippen molar-refractivity contribution in [1.82, 2.24) is 10.2 Å². The lowest BCUT2D eigenvalue weighted by Crippen LogP contribution is -2.75. The molecule has 1 saturated carbocycles. The molecule has 2 fully saturated rings. The highest BCUT2D eigenvalue weighted by atomic mass is 35.5. The summed E-state index contributed by atoms with van der Waals surface area (Å²) in [5.74, 6) is 0.767. The fourth-order valence-electron chi connectivity index (χ4n) is 4.48. The van der Waals surface area contributed by atoms with Gasteiger partial charge in [0.15, 0.2) is 0 Å². The molecular formula is C23H39Cl2N3O2. The number of likely N-dealkylation sites (tertiary alicyclic amines) is 1. The average molecular weight is 460 g/mol. The van der Waals surface area contributed by atoms with Crippen LogP contribution in [0.2, 0.25) is 0 Å². The molecule has 5 nitrogen and oxygen atoms in total. The number of nitrogens with zero attached hydrogens (tertiary/aromatic N) is 1. The van der Waals surface area contributed by atoms with E-state index in [1.807, 2.05) is 20.8 Å². The van der Waals surface area contributed by atoms with E-state index in [1.165, 1.54) is 31.5 Å². The van der Waals surface area contributed by atoms with Gasteiger partial charge in [-0.15, -0.1) is 24.8 Å². The Balaban J connectivity index is 0.00000225. The summed E-state index contributed by atoms with van der Waals surface area (Å²) in [5.41, 5.74) is 7.68. The van der Waals surface area contributed by atoms with Gasteiger partial charge in [0.2, 0.25) is 5.91 Å². The fourth-order valence-corrected chi connectivity index (χ4v) is 4.48.